The molecule has 164 valence electrons. The van der Waals surface area contributed by atoms with Crippen molar-refractivity contribution in [1.29, 1.82) is 0 Å². The second-order valence-electron chi connectivity index (χ2n) is 7.06. The minimum absolute atomic E-state index is 0.0651. The fraction of sp³-hybridized carbons (Fsp3) is 0.318. The van der Waals surface area contributed by atoms with Crippen LogP contribution in [0.25, 0.3) is 11.1 Å². The minimum atomic E-state index is -1.49. The fourth-order valence-corrected chi connectivity index (χ4v) is 3.59. The number of alkyl carbamates (subject to hydrolysis) is 1. The first-order chi connectivity index (χ1) is 15.0. The van der Waals surface area contributed by atoms with E-state index in [0.717, 1.165) is 22.3 Å². The first-order valence-electron chi connectivity index (χ1n) is 9.70. The van der Waals surface area contributed by atoms with E-state index in [1.54, 1.807) is 0 Å². The van der Waals surface area contributed by atoms with Gasteiger partial charge in [0.2, 0.25) is 5.91 Å². The van der Waals surface area contributed by atoms with Gasteiger partial charge in [-0.15, -0.1) is 0 Å². The number of benzene rings is 2. The maximum atomic E-state index is 12.4. The second kappa shape index (κ2) is 10.1. The van der Waals surface area contributed by atoms with Crippen LogP contribution < -0.4 is 10.6 Å². The van der Waals surface area contributed by atoms with Crippen LogP contribution in [0.2, 0.25) is 0 Å². The maximum absolute atomic E-state index is 12.4. The lowest BCUT2D eigenvalue weighted by Crippen LogP contribution is -2.54. The number of amides is 2. The minimum Gasteiger partial charge on any atom is -0.480 e. The number of hydrogen-bond acceptors (Lipinski definition) is 6. The molecular formula is C22H24N2O7. The van der Waals surface area contributed by atoms with Crippen LogP contribution in [0.3, 0.4) is 0 Å². The van der Waals surface area contributed by atoms with E-state index in [0.29, 0.717) is 0 Å². The Morgan fingerprint density at radius 1 is 0.968 bits per heavy atom. The molecule has 0 saturated heterocycles. The molecule has 0 aromatic heterocycles. The Morgan fingerprint density at radius 3 is 2.06 bits per heavy atom. The van der Waals surface area contributed by atoms with Crippen LogP contribution in [0.1, 0.15) is 17.0 Å². The van der Waals surface area contributed by atoms with Gasteiger partial charge in [-0.2, -0.15) is 0 Å². The number of nitrogens with one attached hydrogen (secondary N) is 2. The summed E-state index contributed by atoms with van der Waals surface area (Å²) in [5.41, 5.74) is 4.28. The summed E-state index contributed by atoms with van der Waals surface area (Å²) in [6.45, 7) is -0.922. The summed E-state index contributed by atoms with van der Waals surface area (Å²) in [5, 5.41) is 22.6. The third kappa shape index (κ3) is 5.01. The molecule has 0 unspecified atom stereocenters. The maximum Gasteiger partial charge on any atom is 0.407 e. The van der Waals surface area contributed by atoms with E-state index in [4.69, 9.17) is 19.7 Å². The highest BCUT2D eigenvalue weighted by molar-refractivity contribution is 5.89. The van der Waals surface area contributed by atoms with Gasteiger partial charge in [-0.1, -0.05) is 48.5 Å². The lowest BCUT2D eigenvalue weighted by Gasteiger charge is -2.20. The van der Waals surface area contributed by atoms with Crippen LogP contribution in [-0.4, -0.2) is 67.2 Å². The Balaban J connectivity index is 1.64. The van der Waals surface area contributed by atoms with Crippen molar-refractivity contribution < 1.29 is 34.1 Å². The van der Waals surface area contributed by atoms with Gasteiger partial charge in [-0.05, 0) is 22.3 Å². The number of hydrogen-bond donors (Lipinski definition) is 4. The Kier molecular flexibility index (Phi) is 7.22. The number of methoxy groups -OCH3 is 1. The molecule has 31 heavy (non-hydrogen) atoms. The molecule has 2 aromatic carbocycles. The first kappa shape index (κ1) is 22.3. The van der Waals surface area contributed by atoms with Crippen molar-refractivity contribution in [3.05, 3.63) is 59.7 Å². The molecule has 2 aromatic rings. The SMILES string of the molecule is COC[C@H](NC(=O)OCC1c2ccccc2-c2ccccc21)C(=O)N[C@H](CO)C(=O)O. The van der Waals surface area contributed by atoms with Gasteiger partial charge in [-0.3, -0.25) is 4.79 Å². The van der Waals surface area contributed by atoms with Gasteiger partial charge < -0.3 is 30.3 Å². The van der Waals surface area contributed by atoms with E-state index >= 15 is 0 Å². The third-order valence-electron chi connectivity index (χ3n) is 5.08. The van der Waals surface area contributed by atoms with Gasteiger partial charge in [0, 0.05) is 13.0 Å². The molecule has 0 radical (unpaired) electrons. The number of carboxylic acid groups (broad SMARTS) is 1. The molecule has 9 heteroatoms. The normalized spacial score (nSPS) is 14.1. The Morgan fingerprint density at radius 2 is 1.55 bits per heavy atom. The third-order valence-corrected chi connectivity index (χ3v) is 5.08. The summed E-state index contributed by atoms with van der Waals surface area (Å²) in [5.74, 6) is -2.34. The second-order valence-corrected chi connectivity index (χ2v) is 7.06. The van der Waals surface area contributed by atoms with Crippen LogP contribution in [0.4, 0.5) is 4.79 Å². The van der Waals surface area contributed by atoms with E-state index < -0.39 is 36.7 Å². The molecule has 9 nitrogen and oxygen atoms in total. The standard InChI is InChI=1S/C22H24N2O7/c1-30-12-19(20(26)23-18(10-25)21(27)28)24-22(29)31-11-17-15-8-4-2-6-13(15)14-7-3-5-9-16(14)17/h2-9,17-19,25H,10-12H2,1H3,(H,23,26)(H,24,29)(H,27,28)/t18-,19+/m1/s1. The number of carbonyl (C=O) groups excluding carboxylic acids is 2. The Hall–Kier alpha value is -3.43. The topological polar surface area (TPSA) is 134 Å². The average molecular weight is 428 g/mol. The van der Waals surface area contributed by atoms with Crippen LogP contribution in [0.5, 0.6) is 0 Å². The molecule has 2 amide bonds. The van der Waals surface area contributed by atoms with Crippen LogP contribution in [0.15, 0.2) is 48.5 Å². The molecule has 0 heterocycles. The number of aliphatic carboxylic acids is 1. The first-order valence-corrected chi connectivity index (χ1v) is 9.70. The number of carboxylic acids is 1. The Labute approximate surface area is 179 Å². The summed E-state index contributed by atoms with van der Waals surface area (Å²) >= 11 is 0. The molecule has 0 aliphatic heterocycles. The van der Waals surface area contributed by atoms with Crippen molar-refractivity contribution >= 4 is 18.0 Å². The zero-order chi connectivity index (χ0) is 22.4. The van der Waals surface area contributed by atoms with Gasteiger partial charge in [0.15, 0.2) is 0 Å². The highest BCUT2D eigenvalue weighted by Crippen LogP contribution is 2.44. The zero-order valence-corrected chi connectivity index (χ0v) is 16.9. The van der Waals surface area contributed by atoms with Crippen LogP contribution >= 0.6 is 0 Å². The van der Waals surface area contributed by atoms with E-state index in [2.05, 4.69) is 10.6 Å². The highest BCUT2D eigenvalue weighted by Gasteiger charge is 2.30. The van der Waals surface area contributed by atoms with E-state index in [1.165, 1.54) is 7.11 Å². The van der Waals surface area contributed by atoms with Gasteiger partial charge in [-0.25, -0.2) is 9.59 Å². The largest absolute Gasteiger partial charge is 0.480 e. The molecule has 0 fully saturated rings. The molecule has 4 N–H and O–H groups in total. The predicted molar refractivity (Wildman–Crippen MR) is 111 cm³/mol. The summed E-state index contributed by atoms with van der Waals surface area (Å²) in [6.07, 6.45) is -0.838. The molecular weight excluding hydrogens is 404 g/mol. The molecule has 2 atom stereocenters. The lowest BCUT2D eigenvalue weighted by molar-refractivity contribution is -0.143. The van der Waals surface area contributed by atoms with Gasteiger partial charge >= 0.3 is 12.1 Å². The molecule has 1 aliphatic carbocycles. The number of ether oxygens (including phenoxy) is 2. The quantitative estimate of drug-likeness (QED) is 0.470. The molecule has 3 rings (SSSR count). The van der Waals surface area contributed by atoms with E-state index in [1.807, 2.05) is 48.5 Å². The lowest BCUT2D eigenvalue weighted by atomic mass is 9.98. The molecule has 0 spiro atoms. The summed E-state index contributed by atoms with van der Waals surface area (Å²) in [6, 6.07) is 13.1. The highest BCUT2D eigenvalue weighted by atomic mass is 16.5. The van der Waals surface area contributed by atoms with Crippen molar-refractivity contribution in [2.24, 2.45) is 0 Å². The smallest absolute Gasteiger partial charge is 0.407 e. The van der Waals surface area contributed by atoms with Gasteiger partial charge in [0.05, 0.1) is 13.2 Å². The van der Waals surface area contributed by atoms with Gasteiger partial charge in [0.1, 0.15) is 18.7 Å². The van der Waals surface area contributed by atoms with Crippen molar-refractivity contribution in [3.63, 3.8) is 0 Å². The van der Waals surface area contributed by atoms with Crippen molar-refractivity contribution in [2.45, 2.75) is 18.0 Å². The molecule has 1 aliphatic rings. The predicted octanol–water partition coefficient (Wildman–Crippen LogP) is 1.10. The number of carbonyl (C=O) groups is 3. The van der Waals surface area contributed by atoms with E-state index in [9.17, 15) is 14.4 Å². The molecule has 0 bridgehead atoms. The van der Waals surface area contributed by atoms with E-state index in [-0.39, 0.29) is 19.1 Å². The average Bonchev–Trinajstić information content (AvgIpc) is 3.09. The van der Waals surface area contributed by atoms with Crippen molar-refractivity contribution in [2.75, 3.05) is 26.9 Å². The Bertz CT molecular complexity index is 917. The van der Waals surface area contributed by atoms with Crippen LogP contribution in [-0.2, 0) is 19.1 Å². The van der Waals surface area contributed by atoms with Crippen molar-refractivity contribution in [3.8, 4) is 11.1 Å². The van der Waals surface area contributed by atoms with Crippen LogP contribution in [0, 0.1) is 0 Å². The summed E-state index contributed by atoms with van der Waals surface area (Å²) in [4.78, 5) is 35.7. The number of rotatable bonds is 9. The number of aliphatic hydroxyl groups excluding tert-OH is 1. The van der Waals surface area contributed by atoms with Crippen molar-refractivity contribution in [1.82, 2.24) is 10.6 Å². The number of aliphatic hydroxyl groups is 1. The fourth-order valence-electron chi connectivity index (χ4n) is 3.59. The monoisotopic (exact) mass is 428 g/mol. The summed E-state index contributed by atoms with van der Waals surface area (Å²) in [7, 11) is 1.33. The van der Waals surface area contributed by atoms with Gasteiger partial charge in [0.25, 0.3) is 0 Å². The molecule has 0 saturated carbocycles. The number of fused-ring (bicyclic) bond motifs is 3. The summed E-state index contributed by atoms with van der Waals surface area (Å²) < 4.78 is 10.3. The zero-order valence-electron chi connectivity index (χ0n) is 16.9.